The van der Waals surface area contributed by atoms with Gasteiger partial charge in [0, 0.05) is 11.6 Å². The van der Waals surface area contributed by atoms with Crippen LogP contribution in [-0.4, -0.2) is 16.3 Å². The SMILES string of the molecule is O=C(/C=C(\O)c1ccccc1C(F)(F)F)C(F)(F)Cl. The number of carbonyl (C=O) groups is 1. The van der Waals surface area contributed by atoms with Crippen molar-refractivity contribution in [2.75, 3.05) is 0 Å². The number of aliphatic hydroxyl groups excluding tert-OH is 1. The minimum atomic E-state index is -4.80. The molecule has 0 amide bonds. The normalized spacial score (nSPS) is 13.5. The van der Waals surface area contributed by atoms with Gasteiger partial charge >= 0.3 is 11.6 Å². The van der Waals surface area contributed by atoms with Gasteiger partial charge in [0.05, 0.1) is 5.56 Å². The van der Waals surface area contributed by atoms with Gasteiger partial charge in [-0.25, -0.2) is 0 Å². The number of rotatable bonds is 3. The molecule has 19 heavy (non-hydrogen) atoms. The minimum absolute atomic E-state index is 0.0441. The van der Waals surface area contributed by atoms with Gasteiger partial charge in [-0.15, -0.1) is 0 Å². The van der Waals surface area contributed by atoms with E-state index in [2.05, 4.69) is 11.6 Å². The number of hydrogen-bond donors (Lipinski definition) is 1. The van der Waals surface area contributed by atoms with Crippen LogP contribution < -0.4 is 0 Å². The second-order valence-electron chi connectivity index (χ2n) is 3.43. The van der Waals surface area contributed by atoms with E-state index in [0.29, 0.717) is 6.07 Å². The van der Waals surface area contributed by atoms with Gasteiger partial charge < -0.3 is 5.11 Å². The molecule has 0 spiro atoms. The van der Waals surface area contributed by atoms with Crippen molar-refractivity contribution in [3.05, 3.63) is 41.5 Å². The number of halogens is 6. The highest BCUT2D eigenvalue weighted by molar-refractivity contribution is 6.34. The number of hydrogen-bond acceptors (Lipinski definition) is 2. The van der Waals surface area contributed by atoms with Gasteiger partial charge in [-0.3, -0.25) is 4.79 Å². The van der Waals surface area contributed by atoms with Gasteiger partial charge in [-0.2, -0.15) is 22.0 Å². The van der Waals surface area contributed by atoms with E-state index >= 15 is 0 Å². The molecular formula is C11H6ClF5O2. The van der Waals surface area contributed by atoms with Crippen LogP contribution in [0.3, 0.4) is 0 Å². The van der Waals surface area contributed by atoms with Crippen molar-refractivity contribution < 1.29 is 31.9 Å². The predicted octanol–water partition coefficient (Wildman–Crippen LogP) is 4.01. The Morgan fingerprint density at radius 1 is 1.16 bits per heavy atom. The third kappa shape index (κ3) is 3.92. The molecule has 0 saturated carbocycles. The lowest BCUT2D eigenvalue weighted by molar-refractivity contribution is -0.138. The molecule has 2 nitrogen and oxygen atoms in total. The Balaban J connectivity index is 3.25. The summed E-state index contributed by atoms with van der Waals surface area (Å²) in [6, 6.07) is 3.69. The lowest BCUT2D eigenvalue weighted by atomic mass is 10.0. The van der Waals surface area contributed by atoms with E-state index in [1.807, 2.05) is 0 Å². The summed E-state index contributed by atoms with van der Waals surface area (Å²) < 4.78 is 62.5. The zero-order valence-corrected chi connectivity index (χ0v) is 9.77. The van der Waals surface area contributed by atoms with Crippen molar-refractivity contribution in [1.29, 1.82) is 0 Å². The third-order valence-electron chi connectivity index (χ3n) is 2.06. The zero-order chi connectivity index (χ0) is 14.8. The van der Waals surface area contributed by atoms with Crippen LogP contribution in [0.5, 0.6) is 0 Å². The number of ketones is 1. The smallest absolute Gasteiger partial charge is 0.417 e. The maximum atomic E-state index is 12.6. The molecule has 1 aromatic rings. The molecular weight excluding hydrogens is 295 g/mol. The van der Waals surface area contributed by atoms with Crippen LogP contribution in [0, 0.1) is 0 Å². The number of benzene rings is 1. The van der Waals surface area contributed by atoms with Gasteiger partial charge in [0.15, 0.2) is 0 Å². The summed E-state index contributed by atoms with van der Waals surface area (Å²) in [6.07, 6.45) is -4.84. The number of alkyl halides is 6. The molecule has 1 N–H and O–H groups in total. The molecule has 104 valence electrons. The summed E-state index contributed by atoms with van der Waals surface area (Å²) in [7, 11) is 0. The van der Waals surface area contributed by atoms with Crippen molar-refractivity contribution in [3.8, 4) is 0 Å². The fraction of sp³-hybridized carbons (Fsp3) is 0.182. The van der Waals surface area contributed by atoms with Crippen molar-refractivity contribution in [1.82, 2.24) is 0 Å². The van der Waals surface area contributed by atoms with Gasteiger partial charge in [-0.1, -0.05) is 18.2 Å². The first-order valence-corrected chi connectivity index (χ1v) is 5.09. The van der Waals surface area contributed by atoms with Crippen LogP contribution in [0.25, 0.3) is 5.76 Å². The number of carbonyl (C=O) groups excluding carboxylic acids is 1. The molecule has 0 aliphatic carbocycles. The minimum Gasteiger partial charge on any atom is -0.507 e. The maximum absolute atomic E-state index is 12.6. The third-order valence-corrected chi connectivity index (χ3v) is 2.24. The summed E-state index contributed by atoms with van der Waals surface area (Å²) in [6.45, 7) is 0. The van der Waals surface area contributed by atoms with E-state index in [1.54, 1.807) is 0 Å². The summed E-state index contributed by atoms with van der Waals surface area (Å²) >= 11 is 4.38. The second-order valence-corrected chi connectivity index (χ2v) is 3.91. The molecule has 0 radical (unpaired) electrons. The first-order chi connectivity index (χ1) is 8.53. The van der Waals surface area contributed by atoms with Gasteiger partial charge in [-0.05, 0) is 17.7 Å². The number of aliphatic hydroxyl groups is 1. The lowest BCUT2D eigenvalue weighted by Gasteiger charge is -2.12. The highest BCUT2D eigenvalue weighted by Gasteiger charge is 2.36. The Morgan fingerprint density at radius 3 is 2.16 bits per heavy atom. The summed E-state index contributed by atoms with van der Waals surface area (Å²) in [5.74, 6) is -3.25. The van der Waals surface area contributed by atoms with Crippen molar-refractivity contribution in [2.45, 2.75) is 11.6 Å². The monoisotopic (exact) mass is 300 g/mol. The van der Waals surface area contributed by atoms with E-state index in [1.165, 1.54) is 0 Å². The van der Waals surface area contributed by atoms with Crippen LogP contribution in [-0.2, 0) is 11.0 Å². The van der Waals surface area contributed by atoms with Crippen LogP contribution in [0.4, 0.5) is 22.0 Å². The standard InChI is InChI=1S/C11H6ClF5O2/c12-10(13,14)9(19)5-8(18)6-3-1-2-4-7(6)11(15,16)17/h1-5,18H/b8-5-. The largest absolute Gasteiger partial charge is 0.507 e. The van der Waals surface area contributed by atoms with Gasteiger partial charge in [0.25, 0.3) is 0 Å². The Kier molecular flexibility index (Phi) is 4.19. The van der Waals surface area contributed by atoms with E-state index in [9.17, 15) is 31.9 Å². The average Bonchev–Trinajstić information content (AvgIpc) is 2.26. The first kappa shape index (κ1) is 15.4. The number of allylic oxidation sites excluding steroid dienone is 1. The molecule has 1 aromatic carbocycles. The molecule has 0 aliphatic rings. The summed E-state index contributed by atoms with van der Waals surface area (Å²) in [4.78, 5) is 10.8. The Labute approximate surface area is 109 Å². The molecule has 0 bridgehead atoms. The Hall–Kier alpha value is -1.63. The fourth-order valence-electron chi connectivity index (χ4n) is 1.24. The molecule has 0 saturated heterocycles. The predicted molar refractivity (Wildman–Crippen MR) is 57.9 cm³/mol. The highest BCUT2D eigenvalue weighted by atomic mass is 35.5. The lowest BCUT2D eigenvalue weighted by Crippen LogP contribution is -2.19. The Bertz CT molecular complexity index is 517. The fourth-order valence-corrected chi connectivity index (χ4v) is 1.29. The molecule has 0 atom stereocenters. The van der Waals surface area contributed by atoms with E-state index in [0.717, 1.165) is 18.2 Å². The quantitative estimate of drug-likeness (QED) is 0.396. The van der Waals surface area contributed by atoms with Gasteiger partial charge in [0.1, 0.15) is 5.76 Å². The molecule has 0 heterocycles. The van der Waals surface area contributed by atoms with Crippen molar-refractivity contribution in [3.63, 3.8) is 0 Å². The van der Waals surface area contributed by atoms with Crippen LogP contribution in [0.2, 0.25) is 0 Å². The summed E-state index contributed by atoms with van der Waals surface area (Å²) in [5, 5.41) is 5.06. The zero-order valence-electron chi connectivity index (χ0n) is 9.01. The van der Waals surface area contributed by atoms with E-state index < -0.39 is 34.2 Å². The topological polar surface area (TPSA) is 37.3 Å². The Morgan fingerprint density at radius 2 is 1.68 bits per heavy atom. The highest BCUT2D eigenvalue weighted by Crippen LogP contribution is 2.34. The first-order valence-electron chi connectivity index (χ1n) is 4.72. The van der Waals surface area contributed by atoms with E-state index in [-0.39, 0.29) is 6.08 Å². The van der Waals surface area contributed by atoms with Crippen LogP contribution >= 0.6 is 11.6 Å². The van der Waals surface area contributed by atoms with Crippen molar-refractivity contribution in [2.24, 2.45) is 0 Å². The molecule has 0 fully saturated rings. The molecule has 0 aromatic heterocycles. The maximum Gasteiger partial charge on any atom is 0.417 e. The molecule has 0 aliphatic heterocycles. The second kappa shape index (κ2) is 5.16. The van der Waals surface area contributed by atoms with E-state index in [4.69, 9.17) is 0 Å². The average molecular weight is 301 g/mol. The molecule has 8 heteroatoms. The van der Waals surface area contributed by atoms with Crippen LogP contribution in [0.1, 0.15) is 11.1 Å². The summed E-state index contributed by atoms with van der Waals surface area (Å²) in [5.41, 5.74) is -2.04. The molecule has 1 rings (SSSR count). The molecule has 0 unspecified atom stereocenters. The van der Waals surface area contributed by atoms with Crippen LogP contribution in [0.15, 0.2) is 30.3 Å². The van der Waals surface area contributed by atoms with Crippen molar-refractivity contribution >= 4 is 23.1 Å². The van der Waals surface area contributed by atoms with Gasteiger partial charge in [0.2, 0.25) is 5.78 Å².